The summed E-state index contributed by atoms with van der Waals surface area (Å²) >= 11 is 0. The summed E-state index contributed by atoms with van der Waals surface area (Å²) in [5.74, 6) is -3.66. The van der Waals surface area contributed by atoms with E-state index in [1.54, 1.807) is 24.3 Å². The molecule has 2 aromatic rings. The van der Waals surface area contributed by atoms with Crippen molar-refractivity contribution in [2.24, 2.45) is 5.92 Å². The van der Waals surface area contributed by atoms with E-state index in [0.717, 1.165) is 5.69 Å². The lowest BCUT2D eigenvalue weighted by Crippen LogP contribution is -2.51. The number of rotatable bonds is 19. The molecule has 12 unspecified atom stereocenters. The van der Waals surface area contributed by atoms with E-state index in [9.17, 15) is 49.4 Å². The van der Waals surface area contributed by atoms with E-state index in [1.807, 2.05) is 13.8 Å². The monoisotopic (exact) mass is 774 g/mol. The van der Waals surface area contributed by atoms with Gasteiger partial charge in [0.05, 0.1) is 37.6 Å². The predicted octanol–water partition coefficient (Wildman–Crippen LogP) is -1.35. The third kappa shape index (κ3) is 11.3. The summed E-state index contributed by atoms with van der Waals surface area (Å²) in [6.45, 7) is 2.64. The number of nitrogens with two attached hydrogens (primary N) is 1. The average molecular weight is 775 g/mol. The lowest BCUT2D eigenvalue weighted by molar-refractivity contribution is -0.147. The van der Waals surface area contributed by atoms with Gasteiger partial charge in [-0.2, -0.15) is 4.98 Å². The Morgan fingerprint density at radius 3 is 2.42 bits per heavy atom. The second-order valence-corrected chi connectivity index (χ2v) is 14.6. The van der Waals surface area contributed by atoms with Crippen LogP contribution in [0.1, 0.15) is 38.7 Å². The predicted molar refractivity (Wildman–Crippen MR) is 186 cm³/mol. The molecule has 53 heavy (non-hydrogen) atoms. The third-order valence-electron chi connectivity index (χ3n) is 9.11. The van der Waals surface area contributed by atoms with E-state index in [4.69, 9.17) is 25.2 Å². The van der Waals surface area contributed by atoms with E-state index in [2.05, 4.69) is 30.4 Å². The number of H-pyrrole nitrogens is 1. The van der Waals surface area contributed by atoms with E-state index in [-0.39, 0.29) is 42.6 Å². The summed E-state index contributed by atoms with van der Waals surface area (Å²) in [5.41, 5.74) is 6.91. The van der Waals surface area contributed by atoms with Crippen LogP contribution in [0.25, 0.3) is 0 Å². The van der Waals surface area contributed by atoms with Crippen molar-refractivity contribution < 1.29 is 68.6 Å². The molecule has 0 amide bonds. The number of aliphatic hydroxyl groups is 5. The number of carboxylic acids is 2. The molecular formula is C31H47N6O15P. The van der Waals surface area contributed by atoms with Gasteiger partial charge in [0.15, 0.2) is 11.9 Å². The van der Waals surface area contributed by atoms with Gasteiger partial charge in [0.25, 0.3) is 5.56 Å². The zero-order chi connectivity index (χ0) is 39.2. The molecule has 1 aromatic heterocycles. The molecule has 1 aliphatic carbocycles. The Kier molecular flexibility index (Phi) is 14.2. The minimum atomic E-state index is -5.03. The zero-order valence-electron chi connectivity index (χ0n) is 28.8. The van der Waals surface area contributed by atoms with Crippen molar-refractivity contribution in [1.29, 1.82) is 0 Å². The maximum Gasteiger partial charge on any atom is 0.473 e. The van der Waals surface area contributed by atoms with Crippen LogP contribution in [-0.2, 0) is 34.4 Å². The summed E-state index contributed by atoms with van der Waals surface area (Å²) < 4.78 is 27.2. The summed E-state index contributed by atoms with van der Waals surface area (Å²) in [5, 5.41) is 80.2. The van der Waals surface area contributed by atoms with Crippen LogP contribution in [0.3, 0.4) is 0 Å². The molecule has 12 atom stereocenters. The Balaban J connectivity index is 1.22. The first-order valence-electron chi connectivity index (χ1n) is 16.8. The molecule has 14 N–H and O–H groups in total. The summed E-state index contributed by atoms with van der Waals surface area (Å²) in [4.78, 5) is 50.9. The van der Waals surface area contributed by atoms with Crippen molar-refractivity contribution in [1.82, 2.24) is 9.97 Å². The zero-order valence-corrected chi connectivity index (χ0v) is 29.7. The van der Waals surface area contributed by atoms with Crippen molar-refractivity contribution in [2.75, 3.05) is 34.9 Å². The molecule has 4 rings (SSSR count). The van der Waals surface area contributed by atoms with Gasteiger partial charge in [-0.1, -0.05) is 12.1 Å². The number of phosphoric acid groups is 1. The maximum absolute atomic E-state index is 12.4. The molecule has 21 nitrogen and oxygen atoms in total. The Labute approximate surface area is 302 Å². The molecule has 0 bridgehead atoms. The highest BCUT2D eigenvalue weighted by atomic mass is 31.2. The summed E-state index contributed by atoms with van der Waals surface area (Å²) in [7, 11) is -5.03. The van der Waals surface area contributed by atoms with Crippen LogP contribution in [0.5, 0.6) is 0 Å². The second-order valence-electron chi connectivity index (χ2n) is 13.2. The first-order valence-corrected chi connectivity index (χ1v) is 18.2. The molecule has 22 heteroatoms. The quantitative estimate of drug-likeness (QED) is 0.0734. The summed E-state index contributed by atoms with van der Waals surface area (Å²) in [6.07, 6.45) is -12.3. The number of carbonyl (C=O) groups is 2. The Morgan fingerprint density at radius 2 is 1.77 bits per heavy atom. The number of aliphatic hydroxyl groups excluding tert-OH is 5. The smallest absolute Gasteiger partial charge is 0.473 e. The fourth-order valence-corrected chi connectivity index (χ4v) is 7.14. The molecule has 1 aliphatic heterocycles. The van der Waals surface area contributed by atoms with Gasteiger partial charge in [-0.15, -0.1) is 0 Å². The number of nitrogens with zero attached hydrogens (tertiary/aromatic N) is 1. The number of hydrogen-bond acceptors (Lipinski definition) is 17. The molecule has 1 fully saturated rings. The molecule has 296 valence electrons. The molecule has 1 aromatic carbocycles. The molecule has 0 spiro atoms. The standard InChI is InChI=1S/C31H47N6O15P/c1-13(23-14(2)34-28-24(35-23)29(45)37-31(32)36-28)33-17-5-3-15(4-6-17)9-18(38)26(43)19(39)12-50-21-10-16(25(42)27(21)44)11-51-53(48,49)52-20(30(46)47)7-8-22(40)41/h3-6,13-14,16,18-21,23,25-27,33,35,38-39,42-44H,7-12H2,1-2H3,(H,40,41)(H,46,47)(H,48,49)(H4,32,34,36,37,45). The molecular weight excluding hydrogens is 727 g/mol. The van der Waals surface area contributed by atoms with Gasteiger partial charge in [-0.25, -0.2) is 9.36 Å². The van der Waals surface area contributed by atoms with Gasteiger partial charge < -0.3 is 67.1 Å². The van der Waals surface area contributed by atoms with Crippen molar-refractivity contribution in [3.05, 3.63) is 40.2 Å². The number of benzene rings is 1. The number of fused-ring (bicyclic) bond motifs is 1. The molecule has 2 aliphatic rings. The number of aromatic amines is 1. The topological polar surface area (TPSA) is 349 Å². The molecule has 2 heterocycles. The number of carboxylic acid groups (broad SMARTS) is 2. The van der Waals surface area contributed by atoms with E-state index in [1.165, 1.54) is 0 Å². The van der Waals surface area contributed by atoms with Gasteiger partial charge in [-0.3, -0.25) is 23.6 Å². The number of hydrogen-bond donors (Lipinski definition) is 13. The largest absolute Gasteiger partial charge is 0.481 e. The lowest BCUT2D eigenvalue weighted by atomic mass is 9.98. The Morgan fingerprint density at radius 1 is 1.09 bits per heavy atom. The van der Waals surface area contributed by atoms with Crippen molar-refractivity contribution in [3.8, 4) is 0 Å². The number of aliphatic carboxylic acids is 2. The molecule has 0 radical (unpaired) electrons. The van der Waals surface area contributed by atoms with E-state index >= 15 is 0 Å². The van der Waals surface area contributed by atoms with E-state index < -0.39 is 100 Å². The van der Waals surface area contributed by atoms with Gasteiger partial charge in [-0.05, 0) is 44.4 Å². The number of phosphoric ester groups is 1. The van der Waals surface area contributed by atoms with Crippen LogP contribution in [0, 0.1) is 5.92 Å². The number of anilines is 4. The van der Waals surface area contributed by atoms with Crippen LogP contribution in [-0.4, -0.2) is 137 Å². The van der Waals surface area contributed by atoms with E-state index in [0.29, 0.717) is 11.4 Å². The molecule has 1 saturated carbocycles. The number of nitrogens with one attached hydrogen (secondary N) is 4. The highest BCUT2D eigenvalue weighted by Crippen LogP contribution is 2.46. The van der Waals surface area contributed by atoms with Crippen LogP contribution in [0.4, 0.5) is 23.1 Å². The average Bonchev–Trinajstić information content (AvgIpc) is 3.35. The fourth-order valence-electron chi connectivity index (χ4n) is 6.18. The lowest BCUT2D eigenvalue weighted by Gasteiger charge is -2.37. The van der Waals surface area contributed by atoms with Crippen molar-refractivity contribution in [2.45, 2.75) is 100 Å². The van der Waals surface area contributed by atoms with Crippen LogP contribution < -0.4 is 27.2 Å². The fraction of sp³-hybridized carbons (Fsp3) is 0.613. The van der Waals surface area contributed by atoms with Gasteiger partial charge in [0.1, 0.15) is 24.0 Å². The maximum atomic E-state index is 12.4. The highest BCUT2D eigenvalue weighted by molar-refractivity contribution is 7.47. The van der Waals surface area contributed by atoms with Crippen LogP contribution >= 0.6 is 7.82 Å². The summed E-state index contributed by atoms with van der Waals surface area (Å²) in [6, 6.07) is 6.50. The van der Waals surface area contributed by atoms with Gasteiger partial charge >= 0.3 is 19.8 Å². The Hall–Kier alpha value is -3.89. The normalized spacial score (nSPS) is 26.5. The van der Waals surface area contributed by atoms with Gasteiger partial charge in [0.2, 0.25) is 5.95 Å². The Bertz CT molecular complexity index is 1670. The van der Waals surface area contributed by atoms with Gasteiger partial charge in [0, 0.05) is 36.5 Å². The number of ether oxygens (including phenoxy) is 1. The SMILES string of the molecule is CC(Nc1ccc(CC(O)C(O)C(O)COC2CC(COP(=O)(O)OC(CCC(=O)O)C(=O)O)C(O)C2O)cc1)C1Nc2c(nc(N)[nH]c2=O)NC1C. The third-order valence-corrected chi connectivity index (χ3v) is 10.1. The number of nitrogen functional groups attached to an aromatic ring is 1. The second kappa shape index (κ2) is 18.0. The molecule has 0 saturated heterocycles. The van der Waals surface area contributed by atoms with Crippen LogP contribution in [0.2, 0.25) is 0 Å². The van der Waals surface area contributed by atoms with Crippen LogP contribution in [0.15, 0.2) is 29.1 Å². The first-order chi connectivity index (χ1) is 24.8. The highest BCUT2D eigenvalue weighted by Gasteiger charge is 2.44. The minimum absolute atomic E-state index is 0.00460. The first kappa shape index (κ1) is 41.9. The van der Waals surface area contributed by atoms with Crippen molar-refractivity contribution in [3.63, 3.8) is 0 Å². The number of aromatic nitrogens is 2. The minimum Gasteiger partial charge on any atom is -0.481 e. The van der Waals surface area contributed by atoms with Crippen molar-refractivity contribution >= 4 is 42.9 Å².